The van der Waals surface area contributed by atoms with Gasteiger partial charge in [-0.1, -0.05) is 0 Å². The second kappa shape index (κ2) is 6.43. The molecule has 7 nitrogen and oxygen atoms in total. The third-order valence-electron chi connectivity index (χ3n) is 3.46. The van der Waals surface area contributed by atoms with Crippen LogP contribution < -0.4 is 10.1 Å². The van der Waals surface area contributed by atoms with Crippen LogP contribution in [0.3, 0.4) is 0 Å². The number of aromatic nitrogens is 4. The highest BCUT2D eigenvalue weighted by Crippen LogP contribution is 2.18. The number of carbonyl (C=O) groups is 1. The molecule has 3 rings (SSSR count). The van der Waals surface area contributed by atoms with E-state index in [4.69, 9.17) is 4.74 Å². The summed E-state index contributed by atoms with van der Waals surface area (Å²) in [4.78, 5) is 16.7. The molecule has 1 amide bonds. The molecule has 0 spiro atoms. The number of nitrogens with one attached hydrogen (secondary N) is 1. The highest BCUT2D eigenvalue weighted by Gasteiger charge is 2.20. The van der Waals surface area contributed by atoms with Gasteiger partial charge in [-0.15, -0.1) is 0 Å². The summed E-state index contributed by atoms with van der Waals surface area (Å²) in [6.07, 6.45) is 5.45. The van der Waals surface area contributed by atoms with Crippen LogP contribution in [0.2, 0.25) is 0 Å². The lowest BCUT2D eigenvalue weighted by molar-refractivity contribution is 0.0914. The summed E-state index contributed by atoms with van der Waals surface area (Å²) in [7, 11) is 1.57. The minimum absolute atomic E-state index is 0.221. The van der Waals surface area contributed by atoms with Crippen molar-refractivity contribution in [3.63, 3.8) is 0 Å². The molecule has 130 valence electrons. The van der Waals surface area contributed by atoms with Gasteiger partial charge in [-0.25, -0.2) is 9.67 Å². The quantitative estimate of drug-likeness (QED) is 0.793. The van der Waals surface area contributed by atoms with Crippen LogP contribution in [0, 0.1) is 0 Å². The van der Waals surface area contributed by atoms with Crippen molar-refractivity contribution in [2.24, 2.45) is 0 Å². The van der Waals surface area contributed by atoms with E-state index in [1.807, 2.05) is 55.9 Å². The first-order valence-electron chi connectivity index (χ1n) is 7.94. The highest BCUT2D eigenvalue weighted by molar-refractivity contribution is 5.93. The van der Waals surface area contributed by atoms with Gasteiger partial charge < -0.3 is 14.6 Å². The number of pyridine rings is 1. The Bertz CT molecular complexity index is 858. The molecule has 0 saturated heterocycles. The van der Waals surface area contributed by atoms with Gasteiger partial charge >= 0.3 is 0 Å². The largest absolute Gasteiger partial charge is 0.481 e. The lowest BCUT2D eigenvalue weighted by Gasteiger charge is -2.19. The highest BCUT2D eigenvalue weighted by atomic mass is 16.5. The molecular formula is C18H21N5O2. The van der Waals surface area contributed by atoms with E-state index in [9.17, 15) is 4.79 Å². The molecule has 0 aliphatic carbocycles. The minimum atomic E-state index is -0.337. The van der Waals surface area contributed by atoms with Crippen LogP contribution in [0.25, 0.3) is 11.5 Å². The number of rotatable bonds is 4. The van der Waals surface area contributed by atoms with Crippen LogP contribution in [0.4, 0.5) is 0 Å². The summed E-state index contributed by atoms with van der Waals surface area (Å²) in [6, 6.07) is 9.19. The number of ether oxygens (including phenoxy) is 1. The zero-order chi connectivity index (χ0) is 18.0. The molecule has 0 bridgehead atoms. The summed E-state index contributed by atoms with van der Waals surface area (Å²) in [5, 5.41) is 7.41. The van der Waals surface area contributed by atoms with E-state index in [1.54, 1.807) is 30.1 Å². The number of amides is 1. The summed E-state index contributed by atoms with van der Waals surface area (Å²) >= 11 is 0. The summed E-state index contributed by atoms with van der Waals surface area (Å²) < 4.78 is 8.67. The smallest absolute Gasteiger partial charge is 0.272 e. The van der Waals surface area contributed by atoms with Crippen molar-refractivity contribution in [3.8, 4) is 17.4 Å². The van der Waals surface area contributed by atoms with Gasteiger partial charge in [-0.05, 0) is 39.0 Å². The molecule has 0 unspecified atom stereocenters. The molecule has 0 aliphatic heterocycles. The summed E-state index contributed by atoms with van der Waals surface area (Å²) in [5.74, 6) is 1.04. The number of carbonyl (C=O) groups excluding carboxylic acids is 1. The van der Waals surface area contributed by atoms with Gasteiger partial charge in [-0.3, -0.25) is 4.79 Å². The predicted octanol–water partition coefficient (Wildman–Crippen LogP) is 2.59. The van der Waals surface area contributed by atoms with Gasteiger partial charge in [0.05, 0.1) is 19.0 Å². The fraction of sp³-hybridized carbons (Fsp3) is 0.278. The average molecular weight is 339 g/mol. The van der Waals surface area contributed by atoms with Gasteiger partial charge in [0.15, 0.2) is 5.69 Å². The van der Waals surface area contributed by atoms with Gasteiger partial charge in [0.2, 0.25) is 5.88 Å². The molecule has 3 aromatic rings. The molecule has 0 radical (unpaired) electrons. The standard InChI is InChI=1S/C18H21N5O2/c1-18(2,3)20-17(24)14-11-16(22-9-5-6-10-22)23(21-14)13-7-8-15(25-4)19-12-13/h5-12H,1-4H3,(H,20,24). The minimum Gasteiger partial charge on any atom is -0.481 e. The Morgan fingerprint density at radius 1 is 1.20 bits per heavy atom. The molecule has 1 N–H and O–H groups in total. The summed E-state index contributed by atoms with van der Waals surface area (Å²) in [6.45, 7) is 5.80. The fourth-order valence-corrected chi connectivity index (χ4v) is 2.37. The Labute approximate surface area is 146 Å². The molecule has 0 aromatic carbocycles. The topological polar surface area (TPSA) is 74.0 Å². The second-order valence-corrected chi connectivity index (χ2v) is 6.65. The van der Waals surface area contributed by atoms with Crippen molar-refractivity contribution < 1.29 is 9.53 Å². The van der Waals surface area contributed by atoms with Gasteiger partial charge in [0, 0.05) is 30.1 Å². The van der Waals surface area contributed by atoms with Crippen LogP contribution >= 0.6 is 0 Å². The van der Waals surface area contributed by atoms with E-state index in [-0.39, 0.29) is 11.4 Å². The zero-order valence-corrected chi connectivity index (χ0v) is 14.7. The molecule has 0 fully saturated rings. The maximum atomic E-state index is 12.5. The Morgan fingerprint density at radius 3 is 2.48 bits per heavy atom. The van der Waals surface area contributed by atoms with E-state index < -0.39 is 0 Å². The first kappa shape index (κ1) is 16.8. The fourth-order valence-electron chi connectivity index (χ4n) is 2.37. The molecule has 3 heterocycles. The Kier molecular flexibility index (Phi) is 4.31. The monoisotopic (exact) mass is 339 g/mol. The Balaban J connectivity index is 2.04. The molecular weight excluding hydrogens is 318 g/mol. The molecule has 0 atom stereocenters. The SMILES string of the molecule is COc1ccc(-n2nc(C(=O)NC(C)(C)C)cc2-n2cccc2)cn1. The van der Waals surface area contributed by atoms with Crippen molar-refractivity contribution in [2.45, 2.75) is 26.3 Å². The van der Waals surface area contributed by atoms with Crippen molar-refractivity contribution in [1.82, 2.24) is 24.6 Å². The first-order chi connectivity index (χ1) is 11.9. The maximum absolute atomic E-state index is 12.5. The van der Waals surface area contributed by atoms with E-state index in [2.05, 4.69) is 15.4 Å². The molecule has 3 aromatic heterocycles. The van der Waals surface area contributed by atoms with Crippen molar-refractivity contribution >= 4 is 5.91 Å². The first-order valence-corrected chi connectivity index (χ1v) is 7.94. The predicted molar refractivity (Wildman–Crippen MR) is 94.5 cm³/mol. The number of methoxy groups -OCH3 is 1. The number of hydrogen-bond acceptors (Lipinski definition) is 4. The van der Waals surface area contributed by atoms with Gasteiger partial charge in [0.25, 0.3) is 5.91 Å². The lowest BCUT2D eigenvalue weighted by atomic mass is 10.1. The zero-order valence-electron chi connectivity index (χ0n) is 14.7. The summed E-state index contributed by atoms with van der Waals surface area (Å²) in [5.41, 5.74) is 0.740. The van der Waals surface area contributed by atoms with Crippen LogP contribution in [0.1, 0.15) is 31.3 Å². The normalized spacial score (nSPS) is 11.4. The second-order valence-electron chi connectivity index (χ2n) is 6.65. The van der Waals surface area contributed by atoms with E-state index in [1.165, 1.54) is 0 Å². The molecule has 0 saturated carbocycles. The van der Waals surface area contributed by atoms with E-state index in [0.29, 0.717) is 11.6 Å². The van der Waals surface area contributed by atoms with E-state index in [0.717, 1.165) is 11.5 Å². The van der Waals surface area contributed by atoms with Crippen molar-refractivity contribution in [3.05, 3.63) is 54.6 Å². The average Bonchev–Trinajstić information content (AvgIpc) is 3.22. The van der Waals surface area contributed by atoms with Gasteiger partial charge in [-0.2, -0.15) is 5.10 Å². The maximum Gasteiger partial charge on any atom is 0.272 e. The van der Waals surface area contributed by atoms with Crippen LogP contribution in [0.15, 0.2) is 48.9 Å². The molecule has 0 aliphatic rings. The Morgan fingerprint density at radius 2 is 1.92 bits per heavy atom. The van der Waals surface area contributed by atoms with Crippen LogP contribution in [-0.2, 0) is 0 Å². The van der Waals surface area contributed by atoms with Crippen molar-refractivity contribution in [1.29, 1.82) is 0 Å². The van der Waals surface area contributed by atoms with Crippen molar-refractivity contribution in [2.75, 3.05) is 7.11 Å². The van der Waals surface area contributed by atoms with Gasteiger partial charge in [0.1, 0.15) is 5.82 Å². The molecule has 7 heteroatoms. The third kappa shape index (κ3) is 3.71. The molecule has 25 heavy (non-hydrogen) atoms. The Hall–Kier alpha value is -3.09. The van der Waals surface area contributed by atoms with Crippen LogP contribution in [-0.4, -0.2) is 37.9 Å². The third-order valence-corrected chi connectivity index (χ3v) is 3.46. The van der Waals surface area contributed by atoms with Crippen LogP contribution in [0.5, 0.6) is 5.88 Å². The van der Waals surface area contributed by atoms with E-state index >= 15 is 0 Å². The lowest BCUT2D eigenvalue weighted by Crippen LogP contribution is -2.40. The number of hydrogen-bond donors (Lipinski definition) is 1. The number of nitrogens with zero attached hydrogens (tertiary/aromatic N) is 4.